The van der Waals surface area contributed by atoms with Crippen LogP contribution in [0.25, 0.3) is 0 Å². The number of amides is 1. The molecule has 1 N–H and O–H groups in total. The standard InChI is InChI=1S/C19H19ClF2N2O2/c20-14-6-9-17(24-10-2-1-3-11-24)16(12-14)23-18(25)13-4-7-15(8-5-13)26-19(21)22/h4-9,12,19H,1-3,10-11H2,(H,23,25). The number of carbonyl (C=O) groups excluding carboxylic acids is 1. The van der Waals surface area contributed by atoms with Crippen molar-refractivity contribution >= 4 is 28.9 Å². The van der Waals surface area contributed by atoms with Gasteiger partial charge in [-0.05, 0) is 61.7 Å². The second-order valence-electron chi connectivity index (χ2n) is 6.07. The second kappa shape index (κ2) is 8.36. The van der Waals surface area contributed by atoms with Gasteiger partial charge < -0.3 is 15.0 Å². The summed E-state index contributed by atoms with van der Waals surface area (Å²) < 4.78 is 28.7. The fourth-order valence-electron chi connectivity index (χ4n) is 3.00. The fourth-order valence-corrected chi connectivity index (χ4v) is 3.17. The molecule has 1 heterocycles. The van der Waals surface area contributed by atoms with Gasteiger partial charge in [0, 0.05) is 23.7 Å². The van der Waals surface area contributed by atoms with Crippen LogP contribution >= 0.6 is 11.6 Å². The average molecular weight is 381 g/mol. The number of rotatable bonds is 5. The van der Waals surface area contributed by atoms with Gasteiger partial charge >= 0.3 is 6.61 Å². The monoisotopic (exact) mass is 380 g/mol. The van der Waals surface area contributed by atoms with Gasteiger partial charge in [0.2, 0.25) is 0 Å². The Hall–Kier alpha value is -2.34. The van der Waals surface area contributed by atoms with Crippen LogP contribution in [0, 0.1) is 0 Å². The maximum Gasteiger partial charge on any atom is 0.387 e. The number of carbonyl (C=O) groups is 1. The Morgan fingerprint density at radius 3 is 2.42 bits per heavy atom. The van der Waals surface area contributed by atoms with Gasteiger partial charge in [0.1, 0.15) is 5.75 Å². The van der Waals surface area contributed by atoms with E-state index in [0.29, 0.717) is 16.3 Å². The molecule has 26 heavy (non-hydrogen) atoms. The van der Waals surface area contributed by atoms with E-state index >= 15 is 0 Å². The quantitative estimate of drug-likeness (QED) is 0.776. The predicted molar refractivity (Wildman–Crippen MR) is 98.5 cm³/mol. The molecule has 0 unspecified atom stereocenters. The maximum atomic E-state index is 12.5. The van der Waals surface area contributed by atoms with Gasteiger partial charge in [0.25, 0.3) is 5.91 Å². The summed E-state index contributed by atoms with van der Waals surface area (Å²) in [7, 11) is 0. The van der Waals surface area contributed by atoms with E-state index in [4.69, 9.17) is 11.6 Å². The molecule has 7 heteroatoms. The minimum absolute atomic E-state index is 0.00770. The van der Waals surface area contributed by atoms with Crippen molar-refractivity contribution in [3.05, 3.63) is 53.1 Å². The Morgan fingerprint density at radius 1 is 1.08 bits per heavy atom. The number of piperidine rings is 1. The van der Waals surface area contributed by atoms with Crippen LogP contribution in [0.2, 0.25) is 5.02 Å². The van der Waals surface area contributed by atoms with Gasteiger partial charge in [-0.2, -0.15) is 8.78 Å². The van der Waals surface area contributed by atoms with Crippen LogP contribution in [-0.4, -0.2) is 25.6 Å². The molecule has 0 saturated carbocycles. The number of alkyl halides is 2. The van der Waals surface area contributed by atoms with Crippen LogP contribution in [0.15, 0.2) is 42.5 Å². The third-order valence-corrected chi connectivity index (χ3v) is 4.48. The zero-order chi connectivity index (χ0) is 18.5. The Labute approximate surface area is 155 Å². The molecule has 1 aliphatic rings. The van der Waals surface area contributed by atoms with Gasteiger partial charge in [-0.3, -0.25) is 4.79 Å². The van der Waals surface area contributed by atoms with E-state index in [1.54, 1.807) is 12.1 Å². The predicted octanol–water partition coefficient (Wildman–Crippen LogP) is 5.18. The zero-order valence-electron chi connectivity index (χ0n) is 14.1. The largest absolute Gasteiger partial charge is 0.435 e. The number of benzene rings is 2. The van der Waals surface area contributed by atoms with Crippen LogP contribution in [0.3, 0.4) is 0 Å². The summed E-state index contributed by atoms with van der Waals surface area (Å²) in [6.45, 7) is -1.03. The molecule has 138 valence electrons. The molecule has 0 bridgehead atoms. The first-order chi connectivity index (χ1) is 12.5. The van der Waals surface area contributed by atoms with Crippen molar-refractivity contribution in [1.29, 1.82) is 0 Å². The molecule has 0 aliphatic carbocycles. The molecular weight excluding hydrogens is 362 g/mol. The van der Waals surface area contributed by atoms with Gasteiger partial charge in [-0.15, -0.1) is 0 Å². The van der Waals surface area contributed by atoms with E-state index in [0.717, 1.165) is 31.6 Å². The molecule has 1 saturated heterocycles. The Morgan fingerprint density at radius 2 is 1.77 bits per heavy atom. The van der Waals surface area contributed by atoms with E-state index in [1.807, 2.05) is 6.07 Å². The van der Waals surface area contributed by atoms with Gasteiger partial charge in [-0.1, -0.05) is 11.6 Å². The zero-order valence-corrected chi connectivity index (χ0v) is 14.8. The second-order valence-corrected chi connectivity index (χ2v) is 6.50. The fraction of sp³-hybridized carbons (Fsp3) is 0.316. The Kier molecular flexibility index (Phi) is 5.93. The summed E-state index contributed by atoms with van der Waals surface area (Å²) in [6.07, 6.45) is 3.43. The summed E-state index contributed by atoms with van der Waals surface area (Å²) in [4.78, 5) is 14.8. The van der Waals surface area contributed by atoms with Gasteiger partial charge in [0.15, 0.2) is 0 Å². The first kappa shape index (κ1) is 18.5. The van der Waals surface area contributed by atoms with Crippen LogP contribution in [0.4, 0.5) is 20.2 Å². The number of nitrogens with zero attached hydrogens (tertiary/aromatic N) is 1. The molecule has 0 atom stereocenters. The summed E-state index contributed by atoms with van der Waals surface area (Å²) in [5.74, 6) is -0.331. The smallest absolute Gasteiger partial charge is 0.387 e. The van der Waals surface area contributed by atoms with Gasteiger partial charge in [0.05, 0.1) is 11.4 Å². The average Bonchev–Trinajstić information content (AvgIpc) is 2.62. The molecule has 1 aliphatic heterocycles. The van der Waals surface area contributed by atoms with Crippen LogP contribution in [-0.2, 0) is 0 Å². The molecule has 0 aromatic heterocycles. The SMILES string of the molecule is O=C(Nc1cc(Cl)ccc1N1CCCCC1)c1ccc(OC(F)F)cc1. The van der Waals surface area contributed by atoms with Crippen molar-refractivity contribution in [1.82, 2.24) is 0 Å². The lowest BCUT2D eigenvalue weighted by Gasteiger charge is -2.30. The number of hydrogen-bond donors (Lipinski definition) is 1. The highest BCUT2D eigenvalue weighted by molar-refractivity contribution is 6.31. The third kappa shape index (κ3) is 4.64. The minimum atomic E-state index is -2.90. The van der Waals surface area contributed by atoms with Gasteiger partial charge in [-0.25, -0.2) is 0 Å². The van der Waals surface area contributed by atoms with E-state index in [2.05, 4.69) is 15.0 Å². The van der Waals surface area contributed by atoms with Crippen molar-refractivity contribution in [3.8, 4) is 5.75 Å². The van der Waals surface area contributed by atoms with Crippen molar-refractivity contribution < 1.29 is 18.3 Å². The summed E-state index contributed by atoms with van der Waals surface area (Å²) >= 11 is 6.10. The first-order valence-electron chi connectivity index (χ1n) is 8.43. The van der Waals surface area contributed by atoms with E-state index in [-0.39, 0.29) is 11.7 Å². The Balaban J connectivity index is 1.77. The maximum absolute atomic E-state index is 12.5. The topological polar surface area (TPSA) is 41.6 Å². The first-order valence-corrected chi connectivity index (χ1v) is 8.81. The number of halogens is 3. The van der Waals surface area contributed by atoms with E-state index < -0.39 is 6.61 Å². The molecule has 0 radical (unpaired) electrons. The third-order valence-electron chi connectivity index (χ3n) is 4.25. The summed E-state index contributed by atoms with van der Waals surface area (Å²) in [5.41, 5.74) is 1.91. The molecule has 4 nitrogen and oxygen atoms in total. The number of nitrogens with one attached hydrogen (secondary N) is 1. The lowest BCUT2D eigenvalue weighted by atomic mass is 10.1. The number of ether oxygens (including phenoxy) is 1. The minimum Gasteiger partial charge on any atom is -0.435 e. The van der Waals surface area contributed by atoms with Crippen LogP contribution in [0.1, 0.15) is 29.6 Å². The highest BCUT2D eigenvalue weighted by Crippen LogP contribution is 2.31. The highest BCUT2D eigenvalue weighted by Gasteiger charge is 2.17. The van der Waals surface area contributed by atoms with E-state index in [1.165, 1.54) is 30.7 Å². The molecule has 1 fully saturated rings. The molecule has 2 aromatic rings. The normalized spacial score (nSPS) is 14.4. The van der Waals surface area contributed by atoms with Crippen molar-refractivity contribution in [2.24, 2.45) is 0 Å². The molecule has 3 rings (SSSR count). The highest BCUT2D eigenvalue weighted by atomic mass is 35.5. The van der Waals surface area contributed by atoms with Crippen molar-refractivity contribution in [2.45, 2.75) is 25.9 Å². The number of hydrogen-bond acceptors (Lipinski definition) is 3. The summed E-state index contributed by atoms with van der Waals surface area (Å²) in [5, 5.41) is 3.40. The molecule has 2 aromatic carbocycles. The molecular formula is C19H19ClF2N2O2. The summed E-state index contributed by atoms with van der Waals surface area (Å²) in [6, 6.07) is 11.0. The number of anilines is 2. The Bertz CT molecular complexity index is 763. The van der Waals surface area contributed by atoms with Crippen LogP contribution in [0.5, 0.6) is 5.75 Å². The lowest BCUT2D eigenvalue weighted by molar-refractivity contribution is -0.0498. The van der Waals surface area contributed by atoms with Crippen LogP contribution < -0.4 is 15.0 Å². The van der Waals surface area contributed by atoms with Crippen molar-refractivity contribution in [3.63, 3.8) is 0 Å². The lowest BCUT2D eigenvalue weighted by Crippen LogP contribution is -2.30. The molecule has 1 amide bonds. The van der Waals surface area contributed by atoms with E-state index in [9.17, 15) is 13.6 Å². The van der Waals surface area contributed by atoms with Crippen molar-refractivity contribution in [2.75, 3.05) is 23.3 Å². The molecule has 0 spiro atoms.